The van der Waals surface area contributed by atoms with Gasteiger partial charge in [0.2, 0.25) is 5.91 Å². The van der Waals surface area contributed by atoms with Crippen LogP contribution in [0.3, 0.4) is 0 Å². The van der Waals surface area contributed by atoms with Gasteiger partial charge >= 0.3 is 0 Å². The number of rotatable bonds is 2. The van der Waals surface area contributed by atoms with Gasteiger partial charge in [-0.1, -0.05) is 18.2 Å². The summed E-state index contributed by atoms with van der Waals surface area (Å²) >= 11 is 0. The average Bonchev–Trinajstić information content (AvgIpc) is 2.33. The molecule has 0 aliphatic carbocycles. The van der Waals surface area contributed by atoms with Crippen molar-refractivity contribution in [3.05, 3.63) is 40.3 Å². The molecular weight excluding hydrogens is 254 g/mol. The third-order valence-electron chi connectivity index (χ3n) is 2.86. The number of carbonyl (C=O) groups is 1. The normalized spacial score (nSPS) is 11.6. The van der Waals surface area contributed by atoms with E-state index in [-0.39, 0.29) is 23.6 Å². The van der Waals surface area contributed by atoms with Gasteiger partial charge in [0.15, 0.2) is 0 Å². The molecule has 0 aliphatic rings. The number of nitrogens with zero attached hydrogens (tertiary/aromatic N) is 2. The van der Waals surface area contributed by atoms with Crippen molar-refractivity contribution < 1.29 is 4.79 Å². The van der Waals surface area contributed by atoms with E-state index < -0.39 is 0 Å². The third-order valence-corrected chi connectivity index (χ3v) is 2.86. The van der Waals surface area contributed by atoms with Crippen LogP contribution in [-0.2, 0) is 11.3 Å². The standard InChI is InChI=1S/C15H19N3O2/c1-10-11-7-5-6-8-12(11)14(20)18(17-10)9-13(19)16-15(2,3)4/h5-8H,9H2,1-4H3,(H,16,19). The van der Waals surface area contributed by atoms with Crippen LogP contribution in [0.1, 0.15) is 26.5 Å². The van der Waals surface area contributed by atoms with Crippen molar-refractivity contribution in [1.29, 1.82) is 0 Å². The molecule has 1 N–H and O–H groups in total. The molecule has 5 nitrogen and oxygen atoms in total. The van der Waals surface area contributed by atoms with Crippen LogP contribution in [0.15, 0.2) is 29.1 Å². The largest absolute Gasteiger partial charge is 0.350 e. The summed E-state index contributed by atoms with van der Waals surface area (Å²) in [5.74, 6) is -0.221. The van der Waals surface area contributed by atoms with E-state index in [9.17, 15) is 9.59 Å². The number of hydrogen-bond donors (Lipinski definition) is 1. The summed E-state index contributed by atoms with van der Waals surface area (Å²) in [4.78, 5) is 24.2. The van der Waals surface area contributed by atoms with E-state index in [2.05, 4.69) is 10.4 Å². The number of fused-ring (bicyclic) bond motifs is 1. The molecule has 1 aromatic carbocycles. The fraction of sp³-hybridized carbons (Fsp3) is 0.400. The molecule has 0 saturated carbocycles. The summed E-state index contributed by atoms with van der Waals surface area (Å²) in [5, 5.41) is 8.45. The molecular formula is C15H19N3O2. The highest BCUT2D eigenvalue weighted by Crippen LogP contribution is 2.11. The smallest absolute Gasteiger partial charge is 0.275 e. The first kappa shape index (κ1) is 14.2. The van der Waals surface area contributed by atoms with Gasteiger partial charge in [-0.05, 0) is 33.8 Å². The van der Waals surface area contributed by atoms with Crippen LogP contribution in [0.25, 0.3) is 10.8 Å². The molecule has 20 heavy (non-hydrogen) atoms. The Hall–Kier alpha value is -2.17. The lowest BCUT2D eigenvalue weighted by molar-refractivity contribution is -0.123. The first-order chi connectivity index (χ1) is 9.28. The summed E-state index contributed by atoms with van der Waals surface area (Å²) in [7, 11) is 0. The van der Waals surface area contributed by atoms with Crippen molar-refractivity contribution in [3.63, 3.8) is 0 Å². The Kier molecular flexibility index (Phi) is 3.61. The van der Waals surface area contributed by atoms with E-state index in [0.717, 1.165) is 11.1 Å². The second kappa shape index (κ2) is 5.07. The summed E-state index contributed by atoms with van der Waals surface area (Å²) in [6.45, 7) is 7.45. The molecule has 0 saturated heterocycles. The summed E-state index contributed by atoms with van der Waals surface area (Å²) in [6.07, 6.45) is 0. The number of carbonyl (C=O) groups excluding carboxylic acids is 1. The van der Waals surface area contributed by atoms with Crippen LogP contribution in [0.2, 0.25) is 0 Å². The SMILES string of the molecule is Cc1nn(CC(=O)NC(C)(C)C)c(=O)c2ccccc12. The average molecular weight is 273 g/mol. The molecule has 0 unspecified atom stereocenters. The lowest BCUT2D eigenvalue weighted by atomic mass is 10.1. The maximum absolute atomic E-state index is 12.3. The van der Waals surface area contributed by atoms with Crippen LogP contribution >= 0.6 is 0 Å². The second-order valence-electron chi connectivity index (χ2n) is 5.89. The van der Waals surface area contributed by atoms with Gasteiger partial charge in [-0.15, -0.1) is 0 Å². The van der Waals surface area contributed by atoms with E-state index in [1.807, 2.05) is 45.9 Å². The Balaban J connectivity index is 2.39. The number of nitrogens with one attached hydrogen (secondary N) is 1. The second-order valence-corrected chi connectivity index (χ2v) is 5.89. The molecule has 0 fully saturated rings. The molecule has 0 spiro atoms. The highest BCUT2D eigenvalue weighted by atomic mass is 16.2. The first-order valence-corrected chi connectivity index (χ1v) is 6.55. The minimum atomic E-state index is -0.327. The van der Waals surface area contributed by atoms with Gasteiger partial charge in [0.05, 0.1) is 11.1 Å². The minimum Gasteiger partial charge on any atom is -0.350 e. The molecule has 1 heterocycles. The number of aryl methyl sites for hydroxylation is 1. The fourth-order valence-corrected chi connectivity index (χ4v) is 2.11. The Bertz CT molecular complexity index is 711. The molecule has 0 radical (unpaired) electrons. The van der Waals surface area contributed by atoms with E-state index in [1.165, 1.54) is 4.68 Å². The Morgan fingerprint density at radius 3 is 2.45 bits per heavy atom. The van der Waals surface area contributed by atoms with Gasteiger partial charge in [0, 0.05) is 10.9 Å². The van der Waals surface area contributed by atoms with Crippen molar-refractivity contribution in [1.82, 2.24) is 15.1 Å². The fourth-order valence-electron chi connectivity index (χ4n) is 2.11. The molecule has 5 heteroatoms. The topological polar surface area (TPSA) is 64.0 Å². The van der Waals surface area contributed by atoms with Gasteiger partial charge in [0.1, 0.15) is 6.54 Å². The van der Waals surface area contributed by atoms with Crippen molar-refractivity contribution >= 4 is 16.7 Å². The van der Waals surface area contributed by atoms with Gasteiger partial charge in [-0.2, -0.15) is 5.10 Å². The number of benzene rings is 1. The number of aromatic nitrogens is 2. The molecule has 2 rings (SSSR count). The number of amides is 1. The molecule has 1 aromatic heterocycles. The summed E-state index contributed by atoms with van der Waals surface area (Å²) in [6, 6.07) is 7.29. The van der Waals surface area contributed by atoms with E-state index in [0.29, 0.717) is 5.39 Å². The van der Waals surface area contributed by atoms with Crippen LogP contribution in [-0.4, -0.2) is 21.2 Å². The van der Waals surface area contributed by atoms with E-state index >= 15 is 0 Å². The van der Waals surface area contributed by atoms with Crippen molar-refractivity contribution in [2.45, 2.75) is 39.8 Å². The number of hydrogen-bond acceptors (Lipinski definition) is 3. The molecule has 0 bridgehead atoms. The molecule has 0 aliphatic heterocycles. The minimum absolute atomic E-state index is 0.0677. The molecule has 106 valence electrons. The van der Waals surface area contributed by atoms with Gasteiger partial charge in [0.25, 0.3) is 5.56 Å². The van der Waals surface area contributed by atoms with Crippen LogP contribution < -0.4 is 10.9 Å². The monoisotopic (exact) mass is 273 g/mol. The van der Waals surface area contributed by atoms with Crippen molar-refractivity contribution in [3.8, 4) is 0 Å². The van der Waals surface area contributed by atoms with Crippen LogP contribution in [0.4, 0.5) is 0 Å². The Labute approximate surface area is 117 Å². The van der Waals surface area contributed by atoms with Gasteiger partial charge in [-0.25, -0.2) is 4.68 Å². The quantitative estimate of drug-likeness (QED) is 0.904. The maximum atomic E-state index is 12.3. The molecule has 1 amide bonds. The van der Waals surface area contributed by atoms with Gasteiger partial charge in [-0.3, -0.25) is 9.59 Å². The third kappa shape index (κ3) is 3.04. The maximum Gasteiger partial charge on any atom is 0.275 e. The van der Waals surface area contributed by atoms with Gasteiger partial charge < -0.3 is 5.32 Å². The first-order valence-electron chi connectivity index (χ1n) is 6.55. The predicted molar refractivity (Wildman–Crippen MR) is 78.6 cm³/mol. The Morgan fingerprint density at radius 1 is 1.25 bits per heavy atom. The highest BCUT2D eigenvalue weighted by Gasteiger charge is 2.16. The van der Waals surface area contributed by atoms with Crippen LogP contribution in [0, 0.1) is 6.92 Å². The highest BCUT2D eigenvalue weighted by molar-refractivity contribution is 5.83. The lowest BCUT2D eigenvalue weighted by Crippen LogP contribution is -2.44. The van der Waals surface area contributed by atoms with E-state index in [1.54, 1.807) is 6.07 Å². The zero-order valence-corrected chi connectivity index (χ0v) is 12.2. The van der Waals surface area contributed by atoms with Crippen molar-refractivity contribution in [2.75, 3.05) is 0 Å². The lowest BCUT2D eigenvalue weighted by Gasteiger charge is -2.20. The van der Waals surface area contributed by atoms with Crippen LogP contribution in [0.5, 0.6) is 0 Å². The zero-order valence-electron chi connectivity index (χ0n) is 12.2. The zero-order chi connectivity index (χ0) is 14.9. The Morgan fingerprint density at radius 2 is 1.85 bits per heavy atom. The summed E-state index contributed by atoms with van der Waals surface area (Å²) < 4.78 is 1.22. The molecule has 0 atom stereocenters. The van der Waals surface area contributed by atoms with Crippen molar-refractivity contribution in [2.24, 2.45) is 0 Å². The summed E-state index contributed by atoms with van der Waals surface area (Å²) in [5.41, 5.74) is 0.172. The predicted octanol–water partition coefficient (Wildman–Crippen LogP) is 1.62. The van der Waals surface area contributed by atoms with E-state index in [4.69, 9.17) is 0 Å². The molecule has 2 aromatic rings.